The molecule has 2 amide bonds. The molecule has 0 spiro atoms. The van der Waals surface area contributed by atoms with Crippen LogP contribution < -0.4 is 16.1 Å². The van der Waals surface area contributed by atoms with E-state index in [1.165, 1.54) is 21.0 Å². The van der Waals surface area contributed by atoms with Gasteiger partial charge in [-0.05, 0) is 112 Å². The highest BCUT2D eigenvalue weighted by Gasteiger charge is 2.56. The lowest BCUT2D eigenvalue weighted by Crippen LogP contribution is -2.68. The van der Waals surface area contributed by atoms with Gasteiger partial charge in [0.15, 0.2) is 5.43 Å². The number of methoxy groups -OCH3 is 1. The van der Waals surface area contributed by atoms with Crippen LogP contribution in [0, 0.1) is 17.8 Å². The number of para-hydroxylation sites is 1. The van der Waals surface area contributed by atoms with E-state index in [2.05, 4.69) is 10.6 Å². The van der Waals surface area contributed by atoms with Gasteiger partial charge in [-0.25, -0.2) is 4.79 Å². The summed E-state index contributed by atoms with van der Waals surface area (Å²) >= 11 is 6.35. The van der Waals surface area contributed by atoms with E-state index >= 15 is 0 Å². The maximum absolute atomic E-state index is 14.0. The van der Waals surface area contributed by atoms with Crippen molar-refractivity contribution in [3.63, 3.8) is 0 Å². The van der Waals surface area contributed by atoms with E-state index in [9.17, 15) is 24.3 Å². The number of hydrogen-bond acceptors (Lipinski definition) is 6. The Balaban J connectivity index is 1.14. The number of halogens is 1. The monoisotopic (exact) mass is 681 g/mol. The van der Waals surface area contributed by atoms with Crippen LogP contribution in [0.1, 0.15) is 77.9 Å². The summed E-state index contributed by atoms with van der Waals surface area (Å²) in [6, 6.07) is 21.4. The molecule has 3 aromatic carbocycles. The molecule has 1 heterocycles. The predicted octanol–water partition coefficient (Wildman–Crippen LogP) is 5.59. The summed E-state index contributed by atoms with van der Waals surface area (Å²) in [4.78, 5) is 53.6. The third-order valence-electron chi connectivity index (χ3n) is 10.7. The Morgan fingerprint density at radius 3 is 2.29 bits per heavy atom. The number of fused-ring (bicyclic) bond motifs is 1. The molecule has 0 unspecified atom stereocenters. The summed E-state index contributed by atoms with van der Waals surface area (Å²) in [6.45, 7) is 3.02. The zero-order chi connectivity index (χ0) is 34.7. The van der Waals surface area contributed by atoms with E-state index in [4.69, 9.17) is 16.3 Å². The van der Waals surface area contributed by atoms with Gasteiger partial charge in [-0.2, -0.15) is 0 Å². The van der Waals surface area contributed by atoms with Crippen molar-refractivity contribution in [1.29, 1.82) is 0 Å². The predicted molar refractivity (Wildman–Crippen MR) is 187 cm³/mol. The fraction of sp³-hybridized carbons (Fsp3) is 0.385. The normalized spacial score (nSPS) is 24.1. The largest absolute Gasteiger partial charge is 0.464 e. The summed E-state index contributed by atoms with van der Waals surface area (Å²) in [5.74, 6) is -0.152. The van der Waals surface area contributed by atoms with Crippen LogP contribution in [0.15, 0.2) is 77.6 Å². The number of esters is 1. The maximum atomic E-state index is 14.0. The smallest absolute Gasteiger partial charge is 0.355 e. The Hall–Kier alpha value is -4.47. The average Bonchev–Trinajstić information content (AvgIpc) is 3.06. The van der Waals surface area contributed by atoms with Gasteiger partial charge in [0.1, 0.15) is 11.3 Å². The number of ether oxygens (including phenoxy) is 1. The molecule has 4 saturated carbocycles. The van der Waals surface area contributed by atoms with Crippen LogP contribution in [0.2, 0.25) is 5.02 Å². The molecule has 4 aromatic rings. The first kappa shape index (κ1) is 33.0. The van der Waals surface area contributed by atoms with Crippen molar-refractivity contribution in [2.24, 2.45) is 17.8 Å². The molecule has 254 valence electrons. The Morgan fingerprint density at radius 1 is 0.980 bits per heavy atom. The van der Waals surface area contributed by atoms with Crippen molar-refractivity contribution < 1.29 is 24.2 Å². The number of benzene rings is 3. The topological polar surface area (TPSA) is 127 Å². The lowest BCUT2D eigenvalue weighted by molar-refractivity contribution is -0.143. The quantitative estimate of drug-likeness (QED) is 0.208. The van der Waals surface area contributed by atoms with Crippen LogP contribution in [0.5, 0.6) is 0 Å². The Labute approximate surface area is 289 Å². The molecule has 5 atom stereocenters. The van der Waals surface area contributed by atoms with E-state index in [1.54, 1.807) is 34.9 Å². The van der Waals surface area contributed by atoms with E-state index in [0.29, 0.717) is 33.1 Å². The first-order valence-electron chi connectivity index (χ1n) is 16.8. The highest BCUT2D eigenvalue weighted by atomic mass is 35.5. The minimum Gasteiger partial charge on any atom is -0.464 e. The van der Waals surface area contributed by atoms with Gasteiger partial charge in [-0.3, -0.25) is 14.4 Å². The van der Waals surface area contributed by atoms with Gasteiger partial charge >= 0.3 is 5.97 Å². The summed E-state index contributed by atoms with van der Waals surface area (Å²) in [6.07, 6.45) is 4.66. The highest BCUT2D eigenvalue weighted by Crippen LogP contribution is 2.56. The molecular formula is C39H40ClN3O6. The Bertz CT molecular complexity index is 2000. The van der Waals surface area contributed by atoms with Gasteiger partial charge < -0.3 is 25.0 Å². The molecular weight excluding hydrogens is 642 g/mol. The molecule has 4 aliphatic carbocycles. The number of carbonyl (C=O) groups excluding carboxylic acids is 3. The van der Waals surface area contributed by atoms with Crippen molar-refractivity contribution in [3.8, 4) is 5.69 Å². The van der Waals surface area contributed by atoms with Crippen LogP contribution in [0.25, 0.3) is 16.6 Å². The van der Waals surface area contributed by atoms with E-state index in [1.807, 2.05) is 42.5 Å². The van der Waals surface area contributed by atoms with Crippen molar-refractivity contribution >= 4 is 40.3 Å². The van der Waals surface area contributed by atoms with E-state index in [0.717, 1.165) is 37.7 Å². The second-order valence-electron chi connectivity index (χ2n) is 14.6. The molecule has 4 fully saturated rings. The number of aromatic nitrogens is 1. The minimum atomic E-state index is -1.44. The maximum Gasteiger partial charge on any atom is 0.355 e. The van der Waals surface area contributed by atoms with Crippen LogP contribution in [-0.2, 0) is 16.0 Å². The molecule has 4 aliphatic rings. The van der Waals surface area contributed by atoms with Gasteiger partial charge in [-0.15, -0.1) is 0 Å². The molecule has 10 heteroatoms. The molecule has 4 bridgehead atoms. The van der Waals surface area contributed by atoms with Crippen molar-refractivity contribution in [2.45, 2.75) is 69.6 Å². The Kier molecular flexibility index (Phi) is 8.40. The number of nitrogens with zero attached hydrogens (tertiary/aromatic N) is 1. The fourth-order valence-corrected chi connectivity index (χ4v) is 8.91. The molecule has 49 heavy (non-hydrogen) atoms. The molecule has 1 aromatic heterocycles. The second-order valence-corrected chi connectivity index (χ2v) is 15.1. The third kappa shape index (κ3) is 6.15. The SMILES string of the molecule is COC(=O)c1c(Cc2ccc(C(=O)N[C@@H]3[C@@H]4C[C@@H]5C[C@H]3C[C@@](NC(=O)C(C)(C)O)(C5)C4)cc2)c(=O)c2ccc(Cl)cc2n1-c1ccccc1. The van der Waals surface area contributed by atoms with E-state index in [-0.39, 0.29) is 58.3 Å². The minimum absolute atomic E-state index is 0.0149. The van der Waals surface area contributed by atoms with Crippen LogP contribution >= 0.6 is 11.6 Å². The first-order valence-corrected chi connectivity index (χ1v) is 17.2. The third-order valence-corrected chi connectivity index (χ3v) is 11.0. The summed E-state index contributed by atoms with van der Waals surface area (Å²) in [5, 5.41) is 17.6. The van der Waals surface area contributed by atoms with Crippen molar-refractivity contribution in [2.75, 3.05) is 7.11 Å². The lowest BCUT2D eigenvalue weighted by atomic mass is 9.51. The molecule has 0 aliphatic heterocycles. The summed E-state index contributed by atoms with van der Waals surface area (Å²) < 4.78 is 6.92. The number of nitrogens with one attached hydrogen (secondary N) is 2. The van der Waals surface area contributed by atoms with Gasteiger partial charge in [0.25, 0.3) is 11.8 Å². The molecule has 9 nitrogen and oxygen atoms in total. The average molecular weight is 682 g/mol. The number of hydrogen-bond donors (Lipinski definition) is 3. The van der Waals surface area contributed by atoms with E-state index < -0.39 is 11.6 Å². The van der Waals surface area contributed by atoms with Crippen LogP contribution in [0.3, 0.4) is 0 Å². The number of carbonyl (C=O) groups is 3. The molecule has 0 radical (unpaired) electrons. The zero-order valence-electron chi connectivity index (χ0n) is 27.8. The summed E-state index contributed by atoms with van der Waals surface area (Å²) in [5.41, 5.74) is 0.777. The Morgan fingerprint density at radius 2 is 1.65 bits per heavy atom. The second kappa shape index (κ2) is 12.4. The molecule has 3 N–H and O–H groups in total. The van der Waals surface area contributed by atoms with Crippen molar-refractivity contribution in [3.05, 3.63) is 110 Å². The first-order chi connectivity index (χ1) is 23.4. The number of rotatable bonds is 8. The van der Waals surface area contributed by atoms with Gasteiger partial charge in [0, 0.05) is 45.2 Å². The van der Waals surface area contributed by atoms with Crippen molar-refractivity contribution in [1.82, 2.24) is 15.2 Å². The van der Waals surface area contributed by atoms with Crippen LogP contribution in [-0.4, -0.2) is 51.7 Å². The highest BCUT2D eigenvalue weighted by molar-refractivity contribution is 6.31. The number of pyridine rings is 1. The van der Waals surface area contributed by atoms with Gasteiger partial charge in [0.2, 0.25) is 0 Å². The van der Waals surface area contributed by atoms with Gasteiger partial charge in [-0.1, -0.05) is 41.9 Å². The lowest BCUT2D eigenvalue weighted by Gasteiger charge is -2.60. The molecule has 0 saturated heterocycles. The zero-order valence-corrected chi connectivity index (χ0v) is 28.5. The van der Waals surface area contributed by atoms with Crippen LogP contribution in [0.4, 0.5) is 0 Å². The number of aliphatic hydroxyl groups is 1. The fourth-order valence-electron chi connectivity index (χ4n) is 8.75. The summed E-state index contributed by atoms with van der Waals surface area (Å²) in [7, 11) is 1.29. The van der Waals surface area contributed by atoms with Gasteiger partial charge in [0.05, 0.1) is 12.6 Å². The molecule has 8 rings (SSSR count). The number of amides is 2. The standard InChI is InChI=1S/C39H40ClN3O6/c1-38(2,48)37(47)42-39-19-23-15-25(20-39)32(26(16-23)21-39)41-35(45)24-11-9-22(10-12-24)17-30-33(36(46)49-3)43(28-7-5-4-6-8-28)31-18-27(40)13-14-29(31)34(30)44/h4-14,18,23,25-26,32,48H,15-17,19-21H2,1-3H3,(H,41,45)(H,42,47)/t23-,25-,26+,32-,39-.